The average Bonchev–Trinajstić information content (AvgIpc) is 3.86. The van der Waals surface area contributed by atoms with Crippen molar-refractivity contribution in [1.82, 2.24) is 37.8 Å². The van der Waals surface area contributed by atoms with Crippen molar-refractivity contribution < 1.29 is 29.4 Å². The molecule has 0 radical (unpaired) electrons. The van der Waals surface area contributed by atoms with Crippen LogP contribution in [0.2, 0.25) is 0 Å². The predicted octanol–water partition coefficient (Wildman–Crippen LogP) is 0.425. The summed E-state index contributed by atoms with van der Waals surface area (Å²) in [7, 11) is 3.31. The Labute approximate surface area is 307 Å². The number of nitrogens with zero attached hydrogens (tertiary/aromatic N) is 10. The van der Waals surface area contributed by atoms with Crippen LogP contribution in [-0.2, 0) is 40.3 Å². The Bertz CT molecular complexity index is 2450. The maximum absolute atomic E-state index is 13.6. The first kappa shape index (κ1) is 37.4. The Balaban J connectivity index is 1.44. The first-order chi connectivity index (χ1) is 25.6. The summed E-state index contributed by atoms with van der Waals surface area (Å²) >= 11 is 0. The molecule has 18 heteroatoms. The van der Waals surface area contributed by atoms with Crippen LogP contribution >= 0.6 is 0 Å². The van der Waals surface area contributed by atoms with Gasteiger partial charge in [-0.1, -0.05) is 0 Å². The summed E-state index contributed by atoms with van der Waals surface area (Å²) in [5, 5.41) is 32.0. The number of aliphatic hydroxyl groups is 2. The van der Waals surface area contributed by atoms with Crippen LogP contribution in [0.5, 0.6) is 0 Å². The van der Waals surface area contributed by atoms with Crippen LogP contribution in [0.15, 0.2) is 58.5 Å². The van der Waals surface area contributed by atoms with Gasteiger partial charge in [-0.15, -0.1) is 0 Å². The van der Waals surface area contributed by atoms with E-state index in [2.05, 4.69) is 20.2 Å². The van der Waals surface area contributed by atoms with E-state index in [1.54, 1.807) is 82.6 Å². The molecular weight excluding hydrogens is 696 g/mol. The Kier molecular flexibility index (Phi) is 10.1. The van der Waals surface area contributed by atoms with Gasteiger partial charge in [-0.05, 0) is 76.2 Å². The first-order valence-electron chi connectivity index (χ1n) is 17.2. The smallest absolute Gasteiger partial charge is 0.298 e. The van der Waals surface area contributed by atoms with Crippen molar-refractivity contribution in [3.8, 4) is 0 Å². The van der Waals surface area contributed by atoms with Gasteiger partial charge in [0.2, 0.25) is 23.1 Å². The lowest BCUT2D eigenvalue weighted by molar-refractivity contribution is -0.000154. The Hall–Kier alpha value is -6.40. The standard InChI is InChI=1S/C36H42N12O6/c1-7-47-27(13-19(3)41-47)33(53)39-35-43(5)25-15-21(31(37)51)9-11-23(25)45(35)17-29(49)30(50)18-46-24-12-10-22(32(38)52)16-26(24)44(6)36(46)40-34(54)28-14-20(4)42-48(28)8-2/h9-16,29-30,49-50H,7-8,17-18H2,1-6H3,(H2,37,51)(H2,38,52)/t29-,30-/m1/s1. The average molecular weight is 739 g/mol. The number of amides is 4. The molecule has 0 aliphatic heterocycles. The molecule has 0 unspecified atom stereocenters. The quantitative estimate of drug-likeness (QED) is 0.145. The minimum Gasteiger partial charge on any atom is -0.388 e. The summed E-state index contributed by atoms with van der Waals surface area (Å²) in [6, 6.07) is 12.7. The number of nitrogens with two attached hydrogens (primary N) is 2. The number of hydrogen-bond donors (Lipinski definition) is 4. The molecular formula is C36H42N12O6. The van der Waals surface area contributed by atoms with E-state index in [0.717, 1.165) is 0 Å². The number of primary amides is 2. The van der Waals surface area contributed by atoms with Gasteiger partial charge in [-0.25, -0.2) is 0 Å². The molecule has 6 rings (SSSR count). The van der Waals surface area contributed by atoms with Gasteiger partial charge in [0, 0.05) is 38.3 Å². The van der Waals surface area contributed by atoms with Crippen LogP contribution in [-0.4, -0.2) is 83.9 Å². The molecule has 0 fully saturated rings. The molecule has 0 aliphatic carbocycles. The maximum atomic E-state index is 13.6. The van der Waals surface area contributed by atoms with E-state index in [0.29, 0.717) is 46.5 Å². The number of imidazole rings is 2. The lowest BCUT2D eigenvalue weighted by Crippen LogP contribution is -2.40. The van der Waals surface area contributed by atoms with Crippen LogP contribution in [0.4, 0.5) is 0 Å². The van der Waals surface area contributed by atoms with Crippen molar-refractivity contribution in [3.63, 3.8) is 0 Å². The number of hydrogen-bond acceptors (Lipinski definition) is 8. The first-order valence-corrected chi connectivity index (χ1v) is 17.2. The van der Waals surface area contributed by atoms with Gasteiger partial charge >= 0.3 is 0 Å². The van der Waals surface area contributed by atoms with E-state index >= 15 is 0 Å². The number of rotatable bonds is 11. The summed E-state index contributed by atoms with van der Waals surface area (Å²) in [6.45, 7) is 7.61. The third-order valence-corrected chi connectivity index (χ3v) is 9.34. The van der Waals surface area contributed by atoms with Crippen molar-refractivity contribution in [2.45, 2.75) is 66.1 Å². The summed E-state index contributed by atoms with van der Waals surface area (Å²) in [5.74, 6) is -2.47. The molecule has 4 amide bonds. The molecule has 0 saturated heterocycles. The minimum atomic E-state index is -1.47. The van der Waals surface area contributed by atoms with Crippen LogP contribution in [0.25, 0.3) is 22.1 Å². The molecule has 2 aromatic carbocycles. The van der Waals surface area contributed by atoms with Crippen molar-refractivity contribution in [1.29, 1.82) is 0 Å². The van der Waals surface area contributed by atoms with E-state index in [-0.39, 0.29) is 46.8 Å². The number of aromatic nitrogens is 8. The second kappa shape index (κ2) is 14.6. The molecule has 18 nitrogen and oxygen atoms in total. The molecule has 0 bridgehead atoms. The predicted molar refractivity (Wildman–Crippen MR) is 196 cm³/mol. The molecule has 0 saturated carbocycles. The summed E-state index contributed by atoms with van der Waals surface area (Å²) in [5.41, 5.74) is 15.6. The number of benzene rings is 2. The van der Waals surface area contributed by atoms with Gasteiger partial charge in [0.25, 0.3) is 11.8 Å². The van der Waals surface area contributed by atoms with E-state index < -0.39 is 35.8 Å². The second-order valence-corrected chi connectivity index (χ2v) is 13.0. The summed E-state index contributed by atoms with van der Waals surface area (Å²) in [4.78, 5) is 60.1. The number of carbonyl (C=O) groups excluding carboxylic acids is 4. The van der Waals surface area contributed by atoms with Crippen molar-refractivity contribution in [2.24, 2.45) is 35.5 Å². The normalized spacial score (nSPS) is 13.6. The number of fused-ring (bicyclic) bond motifs is 2. The largest absolute Gasteiger partial charge is 0.388 e. The third kappa shape index (κ3) is 6.79. The van der Waals surface area contributed by atoms with Gasteiger partial charge in [0.05, 0.1) is 58.8 Å². The highest BCUT2D eigenvalue weighted by atomic mass is 16.3. The fourth-order valence-corrected chi connectivity index (χ4v) is 6.60. The lowest BCUT2D eigenvalue weighted by Gasteiger charge is -2.20. The lowest BCUT2D eigenvalue weighted by atomic mass is 10.1. The van der Waals surface area contributed by atoms with E-state index in [1.165, 1.54) is 21.5 Å². The SMILES string of the molecule is CCn1nc(C)cc1C(=O)N=c1n(C)c2cc(C(N)=O)ccc2n1C[C@@H](O)[C@H](O)Cn1c(=NC(=O)c2cc(C)nn2CC)n(C)c2cc(C(N)=O)ccc21. The van der Waals surface area contributed by atoms with Crippen LogP contribution in [0.1, 0.15) is 66.9 Å². The molecule has 0 spiro atoms. The highest BCUT2D eigenvalue weighted by Crippen LogP contribution is 2.19. The molecule has 54 heavy (non-hydrogen) atoms. The highest BCUT2D eigenvalue weighted by molar-refractivity contribution is 5.98. The molecule has 282 valence electrons. The monoisotopic (exact) mass is 738 g/mol. The zero-order valence-corrected chi connectivity index (χ0v) is 30.8. The van der Waals surface area contributed by atoms with Crippen LogP contribution in [0, 0.1) is 13.8 Å². The number of carbonyl (C=O) groups is 4. The zero-order chi connectivity index (χ0) is 39.2. The van der Waals surface area contributed by atoms with Crippen LogP contribution in [0.3, 0.4) is 0 Å². The van der Waals surface area contributed by atoms with Crippen LogP contribution < -0.4 is 22.7 Å². The summed E-state index contributed by atoms with van der Waals surface area (Å²) in [6.07, 6.45) is -2.94. The minimum absolute atomic E-state index is 0.130. The second-order valence-electron chi connectivity index (χ2n) is 13.0. The molecule has 6 N–H and O–H groups in total. The van der Waals surface area contributed by atoms with E-state index in [9.17, 15) is 29.4 Å². The fourth-order valence-electron chi connectivity index (χ4n) is 6.60. The molecule has 6 aromatic rings. The van der Waals surface area contributed by atoms with Gasteiger partial charge in [-0.3, -0.25) is 28.5 Å². The van der Waals surface area contributed by atoms with Crippen molar-refractivity contribution in [3.05, 3.63) is 93.7 Å². The Morgan fingerprint density at radius 1 is 0.648 bits per heavy atom. The topological polar surface area (TPSA) is 241 Å². The zero-order valence-electron chi connectivity index (χ0n) is 30.8. The Morgan fingerprint density at radius 2 is 1.02 bits per heavy atom. The molecule has 4 aromatic heterocycles. The van der Waals surface area contributed by atoms with Gasteiger partial charge in [0.15, 0.2) is 0 Å². The third-order valence-electron chi connectivity index (χ3n) is 9.34. The maximum Gasteiger partial charge on any atom is 0.298 e. The molecule has 4 heterocycles. The van der Waals surface area contributed by atoms with E-state index in [1.807, 2.05) is 13.8 Å². The van der Waals surface area contributed by atoms with Gasteiger partial charge < -0.3 is 39.9 Å². The van der Waals surface area contributed by atoms with Gasteiger partial charge in [0.1, 0.15) is 11.4 Å². The fraction of sp³-hybridized carbons (Fsp3) is 0.333. The van der Waals surface area contributed by atoms with E-state index in [4.69, 9.17) is 11.5 Å². The number of aliphatic hydroxyl groups excluding tert-OH is 2. The molecule has 0 aliphatic rings. The summed E-state index contributed by atoms with van der Waals surface area (Å²) < 4.78 is 9.41. The highest BCUT2D eigenvalue weighted by Gasteiger charge is 2.25. The van der Waals surface area contributed by atoms with Gasteiger partial charge in [-0.2, -0.15) is 20.2 Å². The van der Waals surface area contributed by atoms with Crippen molar-refractivity contribution in [2.75, 3.05) is 0 Å². The molecule has 2 atom stereocenters. The Morgan fingerprint density at radius 3 is 1.35 bits per heavy atom. The van der Waals surface area contributed by atoms with Crippen molar-refractivity contribution >= 4 is 45.7 Å². The number of aryl methyl sites for hydroxylation is 6.